The molecule has 0 amide bonds. The zero-order chi connectivity index (χ0) is 8.27. The first-order valence-electron chi connectivity index (χ1n) is 4.20. The summed E-state index contributed by atoms with van der Waals surface area (Å²) in [6.45, 7) is 6.00. The van der Waals surface area contributed by atoms with Crippen LogP contribution in [-0.2, 0) is 19.5 Å². The lowest BCUT2D eigenvalue weighted by Crippen LogP contribution is -2.08. The maximum absolute atomic E-state index is 5.57. The van der Waals surface area contributed by atoms with Gasteiger partial charge in [-0.25, -0.2) is 0 Å². The highest BCUT2D eigenvalue weighted by Gasteiger charge is 2.01. The van der Waals surface area contributed by atoms with Crippen LogP contribution >= 0.6 is 0 Å². The predicted molar refractivity (Wildman–Crippen MR) is 47.4 cm³/mol. The SMILES string of the molecule is CCc1ccc(CN)n1CC. The van der Waals surface area contributed by atoms with Gasteiger partial charge in [-0.3, -0.25) is 0 Å². The predicted octanol–water partition coefficient (Wildman–Crippen LogP) is 1.53. The number of hydrogen-bond donors (Lipinski definition) is 1. The van der Waals surface area contributed by atoms with Crippen LogP contribution in [0.5, 0.6) is 0 Å². The van der Waals surface area contributed by atoms with Crippen molar-refractivity contribution in [3.8, 4) is 0 Å². The molecule has 0 aliphatic carbocycles. The van der Waals surface area contributed by atoms with E-state index >= 15 is 0 Å². The molecule has 62 valence electrons. The lowest BCUT2D eigenvalue weighted by Gasteiger charge is -2.07. The Morgan fingerprint density at radius 1 is 1.27 bits per heavy atom. The Balaban J connectivity index is 2.99. The Kier molecular flexibility index (Phi) is 2.71. The van der Waals surface area contributed by atoms with Crippen molar-refractivity contribution in [2.24, 2.45) is 5.73 Å². The number of nitrogens with two attached hydrogens (primary N) is 1. The van der Waals surface area contributed by atoms with Gasteiger partial charge in [-0.15, -0.1) is 0 Å². The Morgan fingerprint density at radius 2 is 1.91 bits per heavy atom. The van der Waals surface area contributed by atoms with E-state index in [0.29, 0.717) is 6.54 Å². The molecule has 0 bridgehead atoms. The molecule has 1 heterocycles. The van der Waals surface area contributed by atoms with Crippen molar-refractivity contribution in [3.05, 3.63) is 23.5 Å². The highest BCUT2D eigenvalue weighted by atomic mass is 15.0. The van der Waals surface area contributed by atoms with Gasteiger partial charge in [0.1, 0.15) is 0 Å². The largest absolute Gasteiger partial charge is 0.348 e. The molecule has 0 atom stereocenters. The third kappa shape index (κ3) is 1.46. The molecule has 0 unspecified atom stereocenters. The van der Waals surface area contributed by atoms with Crippen molar-refractivity contribution in [3.63, 3.8) is 0 Å². The highest BCUT2D eigenvalue weighted by molar-refractivity contribution is 5.16. The van der Waals surface area contributed by atoms with Crippen LogP contribution in [0.2, 0.25) is 0 Å². The van der Waals surface area contributed by atoms with E-state index < -0.39 is 0 Å². The number of aromatic nitrogens is 1. The van der Waals surface area contributed by atoms with Gasteiger partial charge in [-0.05, 0) is 25.5 Å². The molecule has 1 aromatic heterocycles. The van der Waals surface area contributed by atoms with Crippen molar-refractivity contribution in [2.75, 3.05) is 0 Å². The minimum Gasteiger partial charge on any atom is -0.348 e. The molecule has 2 nitrogen and oxygen atoms in total. The number of hydrogen-bond acceptors (Lipinski definition) is 1. The molecule has 1 rings (SSSR count). The summed E-state index contributed by atoms with van der Waals surface area (Å²) in [6, 6.07) is 4.27. The first-order chi connectivity index (χ1) is 5.33. The number of aryl methyl sites for hydroxylation is 1. The van der Waals surface area contributed by atoms with Crippen LogP contribution in [0.15, 0.2) is 12.1 Å². The summed E-state index contributed by atoms with van der Waals surface area (Å²) in [6.07, 6.45) is 1.09. The van der Waals surface area contributed by atoms with Crippen LogP contribution in [0.4, 0.5) is 0 Å². The van der Waals surface area contributed by atoms with E-state index in [-0.39, 0.29) is 0 Å². The van der Waals surface area contributed by atoms with Crippen LogP contribution in [0, 0.1) is 0 Å². The van der Waals surface area contributed by atoms with Crippen LogP contribution in [0.3, 0.4) is 0 Å². The summed E-state index contributed by atoms with van der Waals surface area (Å²) in [5.41, 5.74) is 8.20. The van der Waals surface area contributed by atoms with Gasteiger partial charge in [-0.2, -0.15) is 0 Å². The molecule has 0 radical (unpaired) electrons. The monoisotopic (exact) mass is 152 g/mol. The van der Waals surface area contributed by atoms with Crippen molar-refractivity contribution in [1.29, 1.82) is 0 Å². The second-order valence-corrected chi connectivity index (χ2v) is 2.62. The van der Waals surface area contributed by atoms with Gasteiger partial charge >= 0.3 is 0 Å². The van der Waals surface area contributed by atoms with E-state index in [0.717, 1.165) is 13.0 Å². The molecular weight excluding hydrogens is 136 g/mol. The van der Waals surface area contributed by atoms with Crippen molar-refractivity contribution in [1.82, 2.24) is 4.57 Å². The molecular formula is C9H16N2. The number of nitrogens with zero attached hydrogens (tertiary/aromatic N) is 1. The van der Waals surface area contributed by atoms with E-state index in [1.165, 1.54) is 11.4 Å². The fourth-order valence-corrected chi connectivity index (χ4v) is 1.45. The van der Waals surface area contributed by atoms with Gasteiger partial charge in [0.05, 0.1) is 0 Å². The maximum Gasteiger partial charge on any atom is 0.0334 e. The highest BCUT2D eigenvalue weighted by Crippen LogP contribution is 2.08. The van der Waals surface area contributed by atoms with Crippen LogP contribution in [0.25, 0.3) is 0 Å². The topological polar surface area (TPSA) is 30.9 Å². The zero-order valence-electron chi connectivity index (χ0n) is 7.30. The van der Waals surface area contributed by atoms with Crippen LogP contribution in [0.1, 0.15) is 25.2 Å². The van der Waals surface area contributed by atoms with Gasteiger partial charge in [-0.1, -0.05) is 6.92 Å². The summed E-state index contributed by atoms with van der Waals surface area (Å²) >= 11 is 0. The second-order valence-electron chi connectivity index (χ2n) is 2.62. The van der Waals surface area contributed by atoms with Crippen molar-refractivity contribution >= 4 is 0 Å². The lowest BCUT2D eigenvalue weighted by atomic mass is 10.3. The smallest absolute Gasteiger partial charge is 0.0334 e. The molecule has 2 N–H and O–H groups in total. The third-order valence-electron chi connectivity index (χ3n) is 2.05. The molecule has 0 fully saturated rings. The normalized spacial score (nSPS) is 10.5. The molecule has 0 aromatic carbocycles. The molecule has 0 saturated heterocycles. The van der Waals surface area contributed by atoms with E-state index in [2.05, 4.69) is 30.5 Å². The molecule has 0 spiro atoms. The quantitative estimate of drug-likeness (QED) is 0.699. The minimum absolute atomic E-state index is 0.647. The van der Waals surface area contributed by atoms with Gasteiger partial charge in [0.25, 0.3) is 0 Å². The average molecular weight is 152 g/mol. The molecule has 1 aromatic rings. The lowest BCUT2D eigenvalue weighted by molar-refractivity contribution is 0.679. The van der Waals surface area contributed by atoms with Crippen LogP contribution in [-0.4, -0.2) is 4.57 Å². The molecule has 0 aliphatic rings. The summed E-state index contributed by atoms with van der Waals surface area (Å²) in [5, 5.41) is 0. The van der Waals surface area contributed by atoms with Gasteiger partial charge in [0.15, 0.2) is 0 Å². The number of rotatable bonds is 3. The van der Waals surface area contributed by atoms with Crippen molar-refractivity contribution < 1.29 is 0 Å². The fourth-order valence-electron chi connectivity index (χ4n) is 1.45. The fraction of sp³-hybridized carbons (Fsp3) is 0.556. The second kappa shape index (κ2) is 3.58. The molecule has 11 heavy (non-hydrogen) atoms. The van der Waals surface area contributed by atoms with Crippen molar-refractivity contribution in [2.45, 2.75) is 33.4 Å². The summed E-state index contributed by atoms with van der Waals surface area (Å²) in [5.74, 6) is 0. The summed E-state index contributed by atoms with van der Waals surface area (Å²) < 4.78 is 2.28. The molecule has 0 saturated carbocycles. The first-order valence-corrected chi connectivity index (χ1v) is 4.20. The van der Waals surface area contributed by atoms with E-state index in [4.69, 9.17) is 5.73 Å². The standard InChI is InChI=1S/C9H16N2/c1-3-8-5-6-9(7-10)11(8)4-2/h5-6H,3-4,7,10H2,1-2H3. The van der Waals surface area contributed by atoms with E-state index in [1.54, 1.807) is 0 Å². The Bertz CT molecular complexity index is 204. The Morgan fingerprint density at radius 3 is 2.36 bits per heavy atom. The van der Waals surface area contributed by atoms with Gasteiger partial charge in [0, 0.05) is 24.5 Å². The van der Waals surface area contributed by atoms with E-state index in [9.17, 15) is 0 Å². The van der Waals surface area contributed by atoms with Crippen LogP contribution < -0.4 is 5.73 Å². The third-order valence-corrected chi connectivity index (χ3v) is 2.05. The Labute approximate surface area is 68.0 Å². The van der Waals surface area contributed by atoms with Gasteiger partial charge < -0.3 is 10.3 Å². The minimum atomic E-state index is 0.647. The zero-order valence-corrected chi connectivity index (χ0v) is 7.30. The Hall–Kier alpha value is -0.760. The van der Waals surface area contributed by atoms with Gasteiger partial charge in [0.2, 0.25) is 0 Å². The average Bonchev–Trinajstić information content (AvgIpc) is 2.45. The summed E-state index contributed by atoms with van der Waals surface area (Å²) in [4.78, 5) is 0. The molecule has 0 aliphatic heterocycles. The first kappa shape index (κ1) is 8.34. The van der Waals surface area contributed by atoms with E-state index in [1.807, 2.05) is 0 Å². The summed E-state index contributed by atoms with van der Waals surface area (Å²) in [7, 11) is 0. The molecule has 2 heteroatoms. The maximum atomic E-state index is 5.57.